The first-order valence-electron chi connectivity index (χ1n) is 6.36. The van der Waals surface area contributed by atoms with Crippen molar-refractivity contribution in [2.75, 3.05) is 0 Å². The second kappa shape index (κ2) is 5.24. The van der Waals surface area contributed by atoms with Gasteiger partial charge >= 0.3 is 0 Å². The molecule has 106 valence electrons. The SMILES string of the molecule is Cc1cc(-c2nc(Cl)c3c(Cl)ccc(C)c3n2)ccc1F. The van der Waals surface area contributed by atoms with Crippen molar-refractivity contribution in [3.63, 3.8) is 0 Å². The van der Waals surface area contributed by atoms with E-state index in [1.165, 1.54) is 6.07 Å². The van der Waals surface area contributed by atoms with Gasteiger partial charge < -0.3 is 0 Å². The van der Waals surface area contributed by atoms with Crippen molar-refractivity contribution < 1.29 is 4.39 Å². The first kappa shape index (κ1) is 14.2. The summed E-state index contributed by atoms with van der Waals surface area (Å²) in [5.41, 5.74) is 2.92. The fourth-order valence-electron chi connectivity index (χ4n) is 2.20. The third-order valence-electron chi connectivity index (χ3n) is 3.37. The molecule has 5 heteroatoms. The number of hydrogen-bond acceptors (Lipinski definition) is 2. The van der Waals surface area contributed by atoms with Gasteiger partial charge in [-0.15, -0.1) is 0 Å². The summed E-state index contributed by atoms with van der Waals surface area (Å²) in [5.74, 6) is 0.200. The van der Waals surface area contributed by atoms with Crippen LogP contribution in [0, 0.1) is 19.7 Å². The van der Waals surface area contributed by atoms with E-state index in [0.717, 1.165) is 11.1 Å². The second-order valence-corrected chi connectivity index (χ2v) is 5.66. The van der Waals surface area contributed by atoms with E-state index in [4.69, 9.17) is 23.2 Å². The first-order valence-corrected chi connectivity index (χ1v) is 7.12. The number of nitrogens with zero attached hydrogens (tertiary/aromatic N) is 2. The second-order valence-electron chi connectivity index (χ2n) is 4.89. The van der Waals surface area contributed by atoms with E-state index in [1.54, 1.807) is 25.1 Å². The highest BCUT2D eigenvalue weighted by Gasteiger charge is 2.13. The Balaban J connectivity index is 2.30. The van der Waals surface area contributed by atoms with Crippen LogP contribution in [-0.4, -0.2) is 9.97 Å². The van der Waals surface area contributed by atoms with Gasteiger partial charge in [-0.1, -0.05) is 29.3 Å². The minimum atomic E-state index is -0.259. The molecule has 0 aliphatic carbocycles. The van der Waals surface area contributed by atoms with Crippen LogP contribution in [0.15, 0.2) is 30.3 Å². The Bertz CT molecular complexity index is 863. The van der Waals surface area contributed by atoms with E-state index in [1.807, 2.05) is 13.0 Å². The molecular weight excluding hydrogens is 310 g/mol. The summed E-state index contributed by atoms with van der Waals surface area (Å²) in [6.07, 6.45) is 0. The van der Waals surface area contributed by atoms with Crippen LogP contribution >= 0.6 is 23.2 Å². The molecule has 0 atom stereocenters. The maximum absolute atomic E-state index is 13.4. The van der Waals surface area contributed by atoms with Crippen LogP contribution in [0.1, 0.15) is 11.1 Å². The molecule has 0 saturated carbocycles. The maximum Gasteiger partial charge on any atom is 0.161 e. The Kier molecular flexibility index (Phi) is 3.56. The summed E-state index contributed by atoms with van der Waals surface area (Å²) in [7, 11) is 0. The van der Waals surface area contributed by atoms with Gasteiger partial charge in [-0.05, 0) is 49.2 Å². The first-order chi connectivity index (χ1) is 9.97. The standard InChI is InChI=1S/C16H11Cl2FN2/c1-8-3-5-11(17)13-14(8)20-16(21-15(13)18)10-4-6-12(19)9(2)7-10/h3-7H,1-2H3. The lowest BCUT2D eigenvalue weighted by atomic mass is 10.1. The molecule has 3 aromatic rings. The average molecular weight is 321 g/mol. The van der Waals surface area contributed by atoms with Crippen molar-refractivity contribution in [2.24, 2.45) is 0 Å². The predicted molar refractivity (Wildman–Crippen MR) is 84.4 cm³/mol. The van der Waals surface area contributed by atoms with Crippen molar-refractivity contribution in [1.29, 1.82) is 0 Å². The zero-order valence-electron chi connectivity index (χ0n) is 11.4. The molecular formula is C16H11Cl2FN2. The molecule has 0 radical (unpaired) electrons. The summed E-state index contributed by atoms with van der Waals surface area (Å²) < 4.78 is 13.4. The molecule has 1 aromatic heterocycles. The molecule has 0 amide bonds. The highest BCUT2D eigenvalue weighted by Crippen LogP contribution is 2.32. The summed E-state index contributed by atoms with van der Waals surface area (Å²) in [5, 5.41) is 1.45. The Morgan fingerprint density at radius 1 is 0.952 bits per heavy atom. The fraction of sp³-hybridized carbons (Fsp3) is 0.125. The molecule has 1 heterocycles. The fourth-order valence-corrected chi connectivity index (χ4v) is 2.77. The Labute approximate surface area is 131 Å². The molecule has 21 heavy (non-hydrogen) atoms. The quantitative estimate of drug-likeness (QED) is 0.564. The van der Waals surface area contributed by atoms with Crippen LogP contribution in [0.25, 0.3) is 22.3 Å². The van der Waals surface area contributed by atoms with Crippen LogP contribution in [0.2, 0.25) is 10.2 Å². The number of halogens is 3. The van der Waals surface area contributed by atoms with E-state index >= 15 is 0 Å². The number of aryl methyl sites for hydroxylation is 2. The van der Waals surface area contributed by atoms with Crippen molar-refractivity contribution in [1.82, 2.24) is 9.97 Å². The third kappa shape index (κ3) is 2.47. The van der Waals surface area contributed by atoms with Gasteiger partial charge in [0.1, 0.15) is 11.0 Å². The molecule has 2 aromatic carbocycles. The molecule has 0 spiro atoms. The lowest BCUT2D eigenvalue weighted by Gasteiger charge is -2.09. The summed E-state index contributed by atoms with van der Waals surface area (Å²) in [6, 6.07) is 8.40. The number of benzene rings is 2. The number of fused-ring (bicyclic) bond motifs is 1. The summed E-state index contributed by atoms with van der Waals surface area (Å²) in [6.45, 7) is 3.63. The molecule has 0 N–H and O–H groups in total. The Morgan fingerprint density at radius 2 is 1.71 bits per heavy atom. The van der Waals surface area contributed by atoms with Gasteiger partial charge in [-0.3, -0.25) is 0 Å². The molecule has 0 aliphatic heterocycles. The third-order valence-corrected chi connectivity index (χ3v) is 3.96. The molecule has 0 aliphatic rings. The topological polar surface area (TPSA) is 25.8 Å². The highest BCUT2D eigenvalue weighted by molar-refractivity contribution is 6.41. The normalized spacial score (nSPS) is 11.1. The number of rotatable bonds is 1. The van der Waals surface area contributed by atoms with Crippen LogP contribution in [-0.2, 0) is 0 Å². The summed E-state index contributed by atoms with van der Waals surface area (Å²) in [4.78, 5) is 8.83. The van der Waals surface area contributed by atoms with Gasteiger partial charge in [0.25, 0.3) is 0 Å². The molecule has 0 unspecified atom stereocenters. The summed E-state index contributed by atoms with van der Waals surface area (Å²) >= 11 is 12.4. The average Bonchev–Trinajstić information content (AvgIpc) is 2.45. The maximum atomic E-state index is 13.4. The van der Waals surface area contributed by atoms with Crippen LogP contribution < -0.4 is 0 Å². The van der Waals surface area contributed by atoms with Gasteiger partial charge in [-0.25, -0.2) is 14.4 Å². The van der Waals surface area contributed by atoms with Crippen LogP contribution in [0.3, 0.4) is 0 Å². The molecule has 0 bridgehead atoms. The van der Waals surface area contributed by atoms with Gasteiger partial charge in [0.15, 0.2) is 5.82 Å². The lowest BCUT2D eigenvalue weighted by Crippen LogP contribution is -1.95. The predicted octanol–water partition coefficient (Wildman–Crippen LogP) is 5.36. The largest absolute Gasteiger partial charge is 0.228 e. The molecule has 3 rings (SSSR count). The zero-order valence-corrected chi connectivity index (χ0v) is 12.9. The van der Waals surface area contributed by atoms with Gasteiger partial charge in [0.2, 0.25) is 0 Å². The van der Waals surface area contributed by atoms with E-state index in [9.17, 15) is 4.39 Å². The monoisotopic (exact) mass is 320 g/mol. The van der Waals surface area contributed by atoms with Crippen LogP contribution in [0.4, 0.5) is 4.39 Å². The van der Waals surface area contributed by atoms with Crippen molar-refractivity contribution in [3.05, 3.63) is 57.5 Å². The van der Waals surface area contributed by atoms with Crippen molar-refractivity contribution in [2.45, 2.75) is 13.8 Å². The smallest absolute Gasteiger partial charge is 0.161 e. The van der Waals surface area contributed by atoms with Crippen molar-refractivity contribution >= 4 is 34.1 Å². The zero-order chi connectivity index (χ0) is 15.1. The minimum absolute atomic E-state index is 0.259. The molecule has 0 fully saturated rings. The highest BCUT2D eigenvalue weighted by atomic mass is 35.5. The lowest BCUT2D eigenvalue weighted by molar-refractivity contribution is 0.618. The molecule has 2 nitrogen and oxygen atoms in total. The van der Waals surface area contributed by atoms with E-state index in [0.29, 0.717) is 32.5 Å². The van der Waals surface area contributed by atoms with Gasteiger partial charge in [0, 0.05) is 5.56 Å². The number of aromatic nitrogens is 2. The van der Waals surface area contributed by atoms with Crippen LogP contribution in [0.5, 0.6) is 0 Å². The van der Waals surface area contributed by atoms with E-state index in [2.05, 4.69) is 9.97 Å². The van der Waals surface area contributed by atoms with Crippen molar-refractivity contribution in [3.8, 4) is 11.4 Å². The Morgan fingerprint density at radius 3 is 2.43 bits per heavy atom. The van der Waals surface area contributed by atoms with E-state index in [-0.39, 0.29) is 5.82 Å². The van der Waals surface area contributed by atoms with Gasteiger partial charge in [0.05, 0.1) is 15.9 Å². The van der Waals surface area contributed by atoms with Gasteiger partial charge in [-0.2, -0.15) is 0 Å². The van der Waals surface area contributed by atoms with E-state index < -0.39 is 0 Å². The molecule has 0 saturated heterocycles. The Hall–Kier alpha value is -1.71. The number of hydrogen-bond donors (Lipinski definition) is 0. The minimum Gasteiger partial charge on any atom is -0.228 e.